The number of rotatable bonds is 5. The molecule has 0 radical (unpaired) electrons. The molecule has 0 spiro atoms. The van der Waals surface area contributed by atoms with Crippen LogP contribution in [0.4, 0.5) is 18.9 Å². The molecule has 3 rings (SSSR count). The average Bonchev–Trinajstić information content (AvgIpc) is 2.90. The minimum atomic E-state index is -4.58. The van der Waals surface area contributed by atoms with Crippen molar-refractivity contribution in [2.75, 3.05) is 11.9 Å². The third-order valence-electron chi connectivity index (χ3n) is 4.28. The van der Waals surface area contributed by atoms with Gasteiger partial charge in [0.2, 0.25) is 5.91 Å². The summed E-state index contributed by atoms with van der Waals surface area (Å²) in [5.41, 5.74) is 5.17. The molecule has 146 valence electrons. The van der Waals surface area contributed by atoms with Crippen LogP contribution in [0.2, 0.25) is 0 Å². The van der Waals surface area contributed by atoms with Gasteiger partial charge in [-0.25, -0.2) is 0 Å². The van der Waals surface area contributed by atoms with E-state index in [-0.39, 0.29) is 41.9 Å². The van der Waals surface area contributed by atoms with Gasteiger partial charge in [-0.3, -0.25) is 19.3 Å². The molecule has 3 N–H and O–H groups in total. The maximum absolute atomic E-state index is 13.0. The minimum absolute atomic E-state index is 0.0531. The SMILES string of the molecule is NCc1cc(NC(=O)CCN2C(=O)c3ccccc3C2=O)cc(C(F)(F)F)c1. The Morgan fingerprint density at radius 3 is 2.18 bits per heavy atom. The second-order valence-corrected chi connectivity index (χ2v) is 6.23. The molecule has 1 aliphatic rings. The summed E-state index contributed by atoms with van der Waals surface area (Å²) in [7, 11) is 0. The van der Waals surface area contributed by atoms with Gasteiger partial charge in [-0.2, -0.15) is 13.2 Å². The Labute approximate surface area is 158 Å². The topological polar surface area (TPSA) is 92.5 Å². The highest BCUT2D eigenvalue weighted by molar-refractivity contribution is 6.21. The van der Waals surface area contributed by atoms with Gasteiger partial charge in [-0.1, -0.05) is 12.1 Å². The number of hydrogen-bond donors (Lipinski definition) is 2. The second kappa shape index (κ2) is 7.43. The van der Waals surface area contributed by atoms with E-state index in [1.54, 1.807) is 12.1 Å². The zero-order valence-corrected chi connectivity index (χ0v) is 14.5. The van der Waals surface area contributed by atoms with Gasteiger partial charge in [0.25, 0.3) is 11.8 Å². The lowest BCUT2D eigenvalue weighted by Gasteiger charge is -2.15. The number of carbonyl (C=O) groups excluding carboxylic acids is 3. The van der Waals surface area contributed by atoms with Gasteiger partial charge < -0.3 is 11.1 Å². The van der Waals surface area contributed by atoms with E-state index in [0.29, 0.717) is 0 Å². The number of fused-ring (bicyclic) bond motifs is 1. The first-order valence-corrected chi connectivity index (χ1v) is 8.37. The number of imide groups is 1. The monoisotopic (exact) mass is 391 g/mol. The van der Waals surface area contributed by atoms with Crippen LogP contribution in [0, 0.1) is 0 Å². The summed E-state index contributed by atoms with van der Waals surface area (Å²) in [6.07, 6.45) is -4.83. The Bertz CT molecular complexity index is 922. The molecular weight excluding hydrogens is 375 g/mol. The van der Waals surface area contributed by atoms with Crippen molar-refractivity contribution in [1.82, 2.24) is 4.90 Å². The molecule has 2 aromatic rings. The molecule has 1 heterocycles. The van der Waals surface area contributed by atoms with E-state index in [9.17, 15) is 27.6 Å². The van der Waals surface area contributed by atoms with E-state index < -0.39 is 29.5 Å². The van der Waals surface area contributed by atoms with Crippen molar-refractivity contribution < 1.29 is 27.6 Å². The Kier molecular flexibility index (Phi) is 5.19. The van der Waals surface area contributed by atoms with Gasteiger partial charge in [-0.05, 0) is 35.9 Å². The number of amides is 3. The number of alkyl halides is 3. The molecule has 0 fully saturated rings. The lowest BCUT2D eigenvalue weighted by atomic mass is 10.1. The van der Waals surface area contributed by atoms with Crippen molar-refractivity contribution in [1.29, 1.82) is 0 Å². The van der Waals surface area contributed by atoms with Crippen LogP contribution in [0.3, 0.4) is 0 Å². The summed E-state index contributed by atoms with van der Waals surface area (Å²) in [4.78, 5) is 37.6. The quantitative estimate of drug-likeness (QED) is 0.767. The molecule has 0 aliphatic carbocycles. The summed E-state index contributed by atoms with van der Waals surface area (Å²) in [6, 6.07) is 9.35. The first kappa shape index (κ1) is 19.6. The number of nitrogens with zero attached hydrogens (tertiary/aromatic N) is 1. The summed E-state index contributed by atoms with van der Waals surface area (Å²) in [5.74, 6) is -1.63. The fourth-order valence-corrected chi connectivity index (χ4v) is 2.92. The molecule has 0 atom stereocenters. The van der Waals surface area contributed by atoms with Gasteiger partial charge in [0, 0.05) is 25.2 Å². The average molecular weight is 391 g/mol. The lowest BCUT2D eigenvalue weighted by molar-refractivity contribution is -0.137. The van der Waals surface area contributed by atoms with Crippen LogP contribution in [0.1, 0.15) is 38.3 Å². The van der Waals surface area contributed by atoms with Crippen LogP contribution in [0.25, 0.3) is 0 Å². The Morgan fingerprint density at radius 2 is 1.64 bits per heavy atom. The molecular formula is C19H16F3N3O3. The van der Waals surface area contributed by atoms with E-state index in [0.717, 1.165) is 17.0 Å². The molecule has 28 heavy (non-hydrogen) atoms. The zero-order valence-electron chi connectivity index (χ0n) is 14.5. The maximum Gasteiger partial charge on any atom is 0.416 e. The fraction of sp³-hybridized carbons (Fsp3) is 0.211. The summed E-state index contributed by atoms with van der Waals surface area (Å²) >= 11 is 0. The molecule has 0 saturated carbocycles. The van der Waals surface area contributed by atoms with Crippen LogP contribution < -0.4 is 11.1 Å². The molecule has 0 bridgehead atoms. The van der Waals surface area contributed by atoms with Crippen molar-refractivity contribution in [3.05, 3.63) is 64.7 Å². The summed E-state index contributed by atoms with van der Waals surface area (Å²) in [5, 5.41) is 2.36. The highest BCUT2D eigenvalue weighted by Crippen LogP contribution is 2.32. The number of benzene rings is 2. The predicted octanol–water partition coefficient (Wildman–Crippen LogP) is 2.79. The Balaban J connectivity index is 1.67. The van der Waals surface area contributed by atoms with Crippen LogP contribution in [-0.2, 0) is 17.5 Å². The normalized spacial score (nSPS) is 13.6. The van der Waals surface area contributed by atoms with Gasteiger partial charge in [0.05, 0.1) is 16.7 Å². The Hall–Kier alpha value is -3.20. The number of anilines is 1. The number of carbonyl (C=O) groups is 3. The fourth-order valence-electron chi connectivity index (χ4n) is 2.92. The molecule has 9 heteroatoms. The minimum Gasteiger partial charge on any atom is -0.326 e. The first-order valence-electron chi connectivity index (χ1n) is 8.37. The molecule has 1 aliphatic heterocycles. The standard InChI is InChI=1S/C19H16F3N3O3/c20-19(21,22)12-7-11(10-23)8-13(9-12)24-16(26)5-6-25-17(27)14-3-1-2-4-15(14)18(25)28/h1-4,7-9H,5-6,10,23H2,(H,24,26). The molecule has 2 aromatic carbocycles. The van der Waals surface area contributed by atoms with Crippen LogP contribution in [0.5, 0.6) is 0 Å². The first-order chi connectivity index (χ1) is 13.2. The third-order valence-corrected chi connectivity index (χ3v) is 4.28. The van der Waals surface area contributed by atoms with E-state index in [2.05, 4.69) is 5.32 Å². The summed E-state index contributed by atoms with van der Waals surface area (Å²) < 4.78 is 38.9. The van der Waals surface area contributed by atoms with Gasteiger partial charge in [0.15, 0.2) is 0 Å². The van der Waals surface area contributed by atoms with E-state index >= 15 is 0 Å². The molecule has 0 unspecified atom stereocenters. The van der Waals surface area contributed by atoms with Crippen LogP contribution in [-0.4, -0.2) is 29.2 Å². The number of halogens is 3. The van der Waals surface area contributed by atoms with Gasteiger partial charge in [0.1, 0.15) is 0 Å². The van der Waals surface area contributed by atoms with Crippen LogP contribution >= 0.6 is 0 Å². The number of nitrogens with one attached hydrogen (secondary N) is 1. The largest absolute Gasteiger partial charge is 0.416 e. The van der Waals surface area contributed by atoms with Crippen LogP contribution in [0.15, 0.2) is 42.5 Å². The number of hydrogen-bond acceptors (Lipinski definition) is 4. The van der Waals surface area contributed by atoms with Crippen molar-refractivity contribution in [3.63, 3.8) is 0 Å². The van der Waals surface area contributed by atoms with E-state index in [1.165, 1.54) is 18.2 Å². The Morgan fingerprint density at radius 1 is 1.04 bits per heavy atom. The third kappa shape index (κ3) is 3.89. The van der Waals surface area contributed by atoms with Gasteiger partial charge >= 0.3 is 6.18 Å². The maximum atomic E-state index is 13.0. The smallest absolute Gasteiger partial charge is 0.326 e. The highest BCUT2D eigenvalue weighted by atomic mass is 19.4. The van der Waals surface area contributed by atoms with Crippen molar-refractivity contribution >= 4 is 23.4 Å². The van der Waals surface area contributed by atoms with Gasteiger partial charge in [-0.15, -0.1) is 0 Å². The molecule has 0 aromatic heterocycles. The molecule has 6 nitrogen and oxygen atoms in total. The highest BCUT2D eigenvalue weighted by Gasteiger charge is 2.35. The molecule has 3 amide bonds. The second-order valence-electron chi connectivity index (χ2n) is 6.23. The van der Waals surface area contributed by atoms with Crippen molar-refractivity contribution in [2.24, 2.45) is 5.73 Å². The zero-order chi connectivity index (χ0) is 20.5. The van der Waals surface area contributed by atoms with Crippen molar-refractivity contribution in [3.8, 4) is 0 Å². The number of nitrogens with two attached hydrogens (primary N) is 1. The van der Waals surface area contributed by atoms with Crippen molar-refractivity contribution in [2.45, 2.75) is 19.1 Å². The van der Waals surface area contributed by atoms with E-state index in [1.807, 2.05) is 0 Å². The lowest BCUT2D eigenvalue weighted by Crippen LogP contribution is -2.32. The predicted molar refractivity (Wildman–Crippen MR) is 94.4 cm³/mol. The molecule has 0 saturated heterocycles. The van der Waals surface area contributed by atoms with E-state index in [4.69, 9.17) is 5.73 Å². The summed E-state index contributed by atoms with van der Waals surface area (Å²) in [6.45, 7) is -0.303.